The summed E-state index contributed by atoms with van der Waals surface area (Å²) in [5, 5.41) is 21.6. The summed E-state index contributed by atoms with van der Waals surface area (Å²) < 4.78 is 0.456. The Bertz CT molecular complexity index is 705. The third-order valence-electron chi connectivity index (χ3n) is 5.93. The van der Waals surface area contributed by atoms with Gasteiger partial charge in [0.25, 0.3) is 5.91 Å². The molecule has 2 fully saturated rings. The van der Waals surface area contributed by atoms with Crippen LogP contribution in [0.2, 0.25) is 0 Å². The zero-order valence-corrected chi connectivity index (χ0v) is 16.2. The number of carboxylic acid groups (broad SMARTS) is 1. The Morgan fingerprint density at radius 1 is 1.42 bits per heavy atom. The first-order valence-corrected chi connectivity index (χ1v) is 9.60. The highest BCUT2D eigenvalue weighted by molar-refractivity contribution is 8.03. The lowest BCUT2D eigenvalue weighted by Gasteiger charge is -2.47. The molecule has 0 aromatic rings. The largest absolute Gasteiger partial charge is 0.543 e. The summed E-state index contributed by atoms with van der Waals surface area (Å²) in [6, 6.07) is -0.672. The van der Waals surface area contributed by atoms with Gasteiger partial charge in [-0.1, -0.05) is 6.92 Å². The SMILES string of the molecule is CC(O)C1C(=O)N2C(C(=O)[O-])=C(SC3CC(C(N)=O)[N+](C)(C)C3)C(C)[C@H]12. The minimum Gasteiger partial charge on any atom is -0.543 e. The molecular weight excluding hydrogens is 358 g/mol. The number of nitrogens with zero attached hydrogens (tertiary/aromatic N) is 2. The number of quaternary nitrogens is 1. The summed E-state index contributed by atoms with van der Waals surface area (Å²) >= 11 is 1.41. The molecule has 3 rings (SSSR count). The first-order valence-electron chi connectivity index (χ1n) is 8.72. The highest BCUT2D eigenvalue weighted by atomic mass is 32.2. The van der Waals surface area contributed by atoms with Gasteiger partial charge in [0.1, 0.15) is 0 Å². The molecule has 0 aromatic heterocycles. The maximum Gasteiger partial charge on any atom is 0.275 e. The van der Waals surface area contributed by atoms with Crippen LogP contribution in [0.4, 0.5) is 0 Å². The Morgan fingerprint density at radius 3 is 2.50 bits per heavy atom. The van der Waals surface area contributed by atoms with Gasteiger partial charge in [-0.15, -0.1) is 11.8 Å². The fraction of sp³-hybridized carbons (Fsp3) is 0.706. The van der Waals surface area contributed by atoms with Crippen LogP contribution in [0.5, 0.6) is 0 Å². The molecule has 0 spiro atoms. The molecule has 2 saturated heterocycles. The smallest absolute Gasteiger partial charge is 0.275 e. The van der Waals surface area contributed by atoms with Crippen LogP contribution < -0.4 is 10.8 Å². The summed E-state index contributed by atoms with van der Waals surface area (Å²) in [6.45, 7) is 4.09. The van der Waals surface area contributed by atoms with E-state index in [1.807, 2.05) is 21.0 Å². The minimum absolute atomic E-state index is 0.0214. The van der Waals surface area contributed by atoms with E-state index in [9.17, 15) is 24.6 Å². The van der Waals surface area contributed by atoms with Crippen molar-refractivity contribution in [3.63, 3.8) is 0 Å². The van der Waals surface area contributed by atoms with Gasteiger partial charge in [0.15, 0.2) is 6.04 Å². The molecule has 3 N–H and O–H groups in total. The van der Waals surface area contributed by atoms with Crippen molar-refractivity contribution in [3.05, 3.63) is 10.6 Å². The summed E-state index contributed by atoms with van der Waals surface area (Å²) in [6.07, 6.45) is -0.276. The predicted molar refractivity (Wildman–Crippen MR) is 93.0 cm³/mol. The van der Waals surface area contributed by atoms with Crippen LogP contribution in [-0.2, 0) is 14.4 Å². The van der Waals surface area contributed by atoms with Gasteiger partial charge in [-0.05, 0) is 6.92 Å². The van der Waals surface area contributed by atoms with Crippen molar-refractivity contribution in [1.29, 1.82) is 0 Å². The average molecular weight is 383 g/mol. The number of aliphatic carboxylic acids is 1. The van der Waals surface area contributed by atoms with Gasteiger partial charge in [0, 0.05) is 17.2 Å². The second kappa shape index (κ2) is 6.24. The van der Waals surface area contributed by atoms with Crippen LogP contribution in [0.15, 0.2) is 10.6 Å². The van der Waals surface area contributed by atoms with E-state index in [2.05, 4.69) is 0 Å². The van der Waals surface area contributed by atoms with Crippen molar-refractivity contribution < 1.29 is 29.1 Å². The van der Waals surface area contributed by atoms with E-state index in [4.69, 9.17) is 5.73 Å². The van der Waals surface area contributed by atoms with E-state index in [0.29, 0.717) is 22.4 Å². The van der Waals surface area contributed by atoms with Gasteiger partial charge in [-0.3, -0.25) is 9.59 Å². The number of carbonyl (C=O) groups is 3. The molecule has 26 heavy (non-hydrogen) atoms. The number of β-lactam (4-membered cyclic amide) rings is 1. The molecule has 0 aromatic carbocycles. The molecule has 3 aliphatic heterocycles. The fourth-order valence-corrected chi connectivity index (χ4v) is 6.40. The molecule has 6 atom stereocenters. The molecular formula is C17H25N3O5S. The zero-order chi connectivity index (χ0) is 19.5. The van der Waals surface area contributed by atoms with Crippen molar-refractivity contribution in [2.75, 3.05) is 20.6 Å². The number of fused-ring (bicyclic) bond motifs is 1. The summed E-state index contributed by atoms with van der Waals surface area (Å²) in [7, 11) is 3.87. The average Bonchev–Trinajstić information content (AvgIpc) is 2.92. The maximum absolute atomic E-state index is 12.3. The van der Waals surface area contributed by atoms with Gasteiger partial charge in [0.2, 0.25) is 5.91 Å². The van der Waals surface area contributed by atoms with Crippen LogP contribution in [0.1, 0.15) is 20.3 Å². The molecule has 3 aliphatic rings. The van der Waals surface area contributed by atoms with E-state index in [1.165, 1.54) is 16.7 Å². The Balaban J connectivity index is 1.87. The zero-order valence-electron chi connectivity index (χ0n) is 15.3. The van der Waals surface area contributed by atoms with Gasteiger partial charge >= 0.3 is 0 Å². The normalized spacial score (nSPS) is 36.7. The first-order chi connectivity index (χ1) is 12.0. The summed E-state index contributed by atoms with van der Waals surface area (Å²) in [5.41, 5.74) is 5.43. The lowest BCUT2D eigenvalue weighted by Crippen LogP contribution is -2.64. The molecule has 5 unspecified atom stereocenters. The number of aliphatic hydroxyl groups excluding tert-OH is 1. The van der Waals surface area contributed by atoms with E-state index < -0.39 is 18.0 Å². The molecule has 3 heterocycles. The second-order valence-electron chi connectivity index (χ2n) is 8.11. The number of thioether (sulfide) groups is 1. The Labute approximate surface area is 156 Å². The lowest BCUT2D eigenvalue weighted by atomic mass is 9.79. The molecule has 0 saturated carbocycles. The number of hydrogen-bond acceptors (Lipinski definition) is 6. The minimum atomic E-state index is -1.38. The standard InChI is InChI=1S/C17H25N3O5S/c1-7-12-11(8(2)21)16(23)19(12)13(17(24)25)14(7)26-9-5-10(15(18)22)20(3,4)6-9/h7-12,21H,5-6H2,1-4H3,(H2-,18,22,24,25)/t7?,8?,9?,10?,11?,12-/m1/s1. The Hall–Kier alpha value is -1.58. The number of rotatable bonds is 5. The van der Waals surface area contributed by atoms with Crippen LogP contribution in [0.3, 0.4) is 0 Å². The number of nitrogens with two attached hydrogens (primary N) is 1. The highest BCUT2D eigenvalue weighted by Crippen LogP contribution is 2.52. The monoisotopic (exact) mass is 383 g/mol. The molecule has 9 heteroatoms. The number of likely N-dealkylation sites (N-methyl/N-ethyl adjacent to an activating group) is 1. The predicted octanol–water partition coefficient (Wildman–Crippen LogP) is -1.76. The van der Waals surface area contributed by atoms with E-state index in [1.54, 1.807) is 6.92 Å². The number of likely N-dealkylation sites (tertiary alicyclic amines) is 1. The number of primary amides is 1. The van der Waals surface area contributed by atoms with Crippen molar-refractivity contribution >= 4 is 29.5 Å². The van der Waals surface area contributed by atoms with Crippen molar-refractivity contribution in [2.24, 2.45) is 17.6 Å². The molecule has 144 valence electrons. The third kappa shape index (κ3) is 2.73. The molecule has 2 amide bonds. The van der Waals surface area contributed by atoms with Crippen molar-refractivity contribution in [2.45, 2.75) is 43.7 Å². The quantitative estimate of drug-likeness (QED) is 0.428. The van der Waals surface area contributed by atoms with E-state index >= 15 is 0 Å². The van der Waals surface area contributed by atoms with Gasteiger partial charge in [-0.2, -0.15) is 0 Å². The summed E-state index contributed by atoms with van der Waals surface area (Å²) in [4.78, 5) is 37.6. The van der Waals surface area contributed by atoms with Gasteiger partial charge in [-0.25, -0.2) is 0 Å². The number of carboxylic acids is 1. The third-order valence-corrected chi connectivity index (χ3v) is 7.42. The maximum atomic E-state index is 12.3. The Kier molecular flexibility index (Phi) is 4.61. The van der Waals surface area contributed by atoms with Crippen LogP contribution in [0.25, 0.3) is 0 Å². The molecule has 0 radical (unpaired) electrons. The number of carbonyl (C=O) groups excluding carboxylic acids is 3. The molecule has 8 nitrogen and oxygen atoms in total. The highest BCUT2D eigenvalue weighted by Gasteiger charge is 2.59. The van der Waals surface area contributed by atoms with Crippen molar-refractivity contribution in [1.82, 2.24) is 4.90 Å². The number of hydrogen-bond donors (Lipinski definition) is 2. The summed E-state index contributed by atoms with van der Waals surface area (Å²) in [5.74, 6) is -2.90. The van der Waals surface area contributed by atoms with Crippen LogP contribution in [-0.4, -0.2) is 76.4 Å². The second-order valence-corrected chi connectivity index (χ2v) is 9.45. The van der Waals surface area contributed by atoms with Crippen LogP contribution in [0, 0.1) is 11.8 Å². The Morgan fingerprint density at radius 2 is 2.04 bits per heavy atom. The van der Waals surface area contributed by atoms with Gasteiger partial charge < -0.3 is 30.1 Å². The van der Waals surface area contributed by atoms with Crippen LogP contribution >= 0.6 is 11.8 Å². The first kappa shape index (κ1) is 19.2. The fourth-order valence-electron chi connectivity index (χ4n) is 4.66. The van der Waals surface area contributed by atoms with E-state index in [-0.39, 0.29) is 40.8 Å². The van der Waals surface area contributed by atoms with E-state index in [0.717, 1.165) is 0 Å². The topological polar surface area (TPSA) is 124 Å². The lowest BCUT2D eigenvalue weighted by molar-refractivity contribution is -0.892. The van der Waals surface area contributed by atoms with Gasteiger partial charge in [0.05, 0.1) is 55.6 Å². The van der Waals surface area contributed by atoms with Crippen molar-refractivity contribution in [3.8, 4) is 0 Å². The molecule has 0 aliphatic carbocycles. The number of aliphatic hydroxyl groups is 1. The number of amides is 2. The molecule has 0 bridgehead atoms.